The smallest absolute Gasteiger partial charge is 0.266 e. The van der Waals surface area contributed by atoms with Gasteiger partial charge in [-0.25, -0.2) is 13.4 Å². The highest BCUT2D eigenvalue weighted by Gasteiger charge is 2.20. The standard InChI is InChI=1S/C17H23N3O4S/c1-13-5-7-15(24-3)16(11-13)25(21,22)20-17-8-6-14(12-19-17)18-9-4-10-23-2/h5-8,11-12,18H,4,9-10H2,1-3H3,(H,19,20). The Labute approximate surface area is 148 Å². The molecule has 25 heavy (non-hydrogen) atoms. The molecule has 0 aliphatic heterocycles. The molecule has 0 saturated heterocycles. The first-order chi connectivity index (χ1) is 12.0. The van der Waals surface area contributed by atoms with Crippen LogP contribution in [-0.2, 0) is 14.8 Å². The van der Waals surface area contributed by atoms with Gasteiger partial charge in [0.05, 0.1) is 19.0 Å². The van der Waals surface area contributed by atoms with Crippen LogP contribution < -0.4 is 14.8 Å². The van der Waals surface area contributed by atoms with Crippen molar-refractivity contribution < 1.29 is 17.9 Å². The zero-order valence-corrected chi connectivity index (χ0v) is 15.4. The van der Waals surface area contributed by atoms with Gasteiger partial charge in [-0.05, 0) is 43.2 Å². The molecule has 0 aliphatic carbocycles. The molecular weight excluding hydrogens is 342 g/mol. The number of nitrogens with one attached hydrogen (secondary N) is 2. The van der Waals surface area contributed by atoms with Crippen molar-refractivity contribution >= 4 is 21.5 Å². The van der Waals surface area contributed by atoms with Crippen molar-refractivity contribution in [2.45, 2.75) is 18.2 Å². The third-order valence-corrected chi connectivity index (χ3v) is 4.84. The Morgan fingerprint density at radius 1 is 1.16 bits per heavy atom. The molecule has 2 rings (SSSR count). The Balaban J connectivity index is 2.09. The highest BCUT2D eigenvalue weighted by Crippen LogP contribution is 2.26. The number of anilines is 2. The van der Waals surface area contributed by atoms with Gasteiger partial charge in [0, 0.05) is 20.3 Å². The third kappa shape index (κ3) is 5.33. The van der Waals surface area contributed by atoms with Crippen molar-refractivity contribution in [3.8, 4) is 5.75 Å². The maximum Gasteiger partial charge on any atom is 0.266 e. The van der Waals surface area contributed by atoms with Gasteiger partial charge in [-0.3, -0.25) is 4.72 Å². The van der Waals surface area contributed by atoms with E-state index in [2.05, 4.69) is 15.0 Å². The van der Waals surface area contributed by atoms with Gasteiger partial charge in [0.25, 0.3) is 10.0 Å². The fourth-order valence-electron chi connectivity index (χ4n) is 2.19. The zero-order chi connectivity index (χ0) is 18.3. The van der Waals surface area contributed by atoms with E-state index < -0.39 is 10.0 Å². The van der Waals surface area contributed by atoms with E-state index in [-0.39, 0.29) is 16.5 Å². The van der Waals surface area contributed by atoms with Gasteiger partial charge in [0.15, 0.2) is 0 Å². The van der Waals surface area contributed by atoms with E-state index in [4.69, 9.17) is 9.47 Å². The maximum absolute atomic E-state index is 12.6. The quantitative estimate of drug-likeness (QED) is 0.664. The summed E-state index contributed by atoms with van der Waals surface area (Å²) in [5, 5.41) is 3.19. The van der Waals surface area contributed by atoms with E-state index in [0.29, 0.717) is 6.61 Å². The molecule has 2 aromatic rings. The molecule has 0 atom stereocenters. The number of aryl methyl sites for hydroxylation is 1. The largest absolute Gasteiger partial charge is 0.495 e. The van der Waals surface area contributed by atoms with E-state index in [1.165, 1.54) is 7.11 Å². The third-order valence-electron chi connectivity index (χ3n) is 3.47. The Morgan fingerprint density at radius 2 is 1.96 bits per heavy atom. The Hall–Kier alpha value is -2.32. The van der Waals surface area contributed by atoms with Crippen molar-refractivity contribution in [1.82, 2.24) is 4.98 Å². The summed E-state index contributed by atoms with van der Waals surface area (Å²) in [6, 6.07) is 8.36. The normalized spacial score (nSPS) is 11.2. The number of nitrogens with zero attached hydrogens (tertiary/aromatic N) is 1. The molecule has 1 heterocycles. The summed E-state index contributed by atoms with van der Waals surface area (Å²) in [5.41, 5.74) is 1.64. The predicted octanol–water partition coefficient (Wildman–Crippen LogP) is 2.65. The van der Waals surface area contributed by atoms with Crippen LogP contribution in [0.3, 0.4) is 0 Å². The van der Waals surface area contributed by atoms with Gasteiger partial charge in [-0.15, -0.1) is 0 Å². The average Bonchev–Trinajstić information content (AvgIpc) is 2.60. The first-order valence-electron chi connectivity index (χ1n) is 7.82. The number of hydrogen-bond acceptors (Lipinski definition) is 6. The van der Waals surface area contributed by atoms with Gasteiger partial charge >= 0.3 is 0 Å². The summed E-state index contributed by atoms with van der Waals surface area (Å²) in [6.07, 6.45) is 2.45. The molecule has 136 valence electrons. The molecule has 0 spiro atoms. The number of methoxy groups -OCH3 is 2. The fraction of sp³-hybridized carbons (Fsp3) is 0.353. The van der Waals surface area contributed by atoms with Gasteiger partial charge in [-0.1, -0.05) is 6.07 Å². The number of hydrogen-bond donors (Lipinski definition) is 2. The maximum atomic E-state index is 12.6. The number of sulfonamides is 1. The van der Waals surface area contributed by atoms with Crippen LogP contribution in [-0.4, -0.2) is 40.8 Å². The minimum Gasteiger partial charge on any atom is -0.495 e. The monoisotopic (exact) mass is 365 g/mol. The van der Waals surface area contributed by atoms with Crippen LogP contribution in [0.1, 0.15) is 12.0 Å². The number of ether oxygens (including phenoxy) is 2. The van der Waals surface area contributed by atoms with Crippen LogP contribution in [0.5, 0.6) is 5.75 Å². The average molecular weight is 365 g/mol. The van der Waals surface area contributed by atoms with Crippen molar-refractivity contribution in [3.05, 3.63) is 42.1 Å². The van der Waals surface area contributed by atoms with Crippen LogP contribution in [0.25, 0.3) is 0 Å². The molecular formula is C17H23N3O4S. The van der Waals surface area contributed by atoms with Gasteiger partial charge in [0.1, 0.15) is 16.5 Å². The molecule has 0 radical (unpaired) electrons. The number of aromatic nitrogens is 1. The van der Waals surface area contributed by atoms with E-state index in [0.717, 1.165) is 24.2 Å². The number of pyridine rings is 1. The first-order valence-corrected chi connectivity index (χ1v) is 9.31. The molecule has 0 amide bonds. The Bertz CT molecular complexity index is 792. The summed E-state index contributed by atoms with van der Waals surface area (Å²) in [7, 11) is -0.695. The second-order valence-electron chi connectivity index (χ2n) is 5.47. The van der Waals surface area contributed by atoms with Crippen molar-refractivity contribution in [1.29, 1.82) is 0 Å². The van der Waals surface area contributed by atoms with Crippen LogP contribution >= 0.6 is 0 Å². The second-order valence-corrected chi connectivity index (χ2v) is 7.12. The first kappa shape index (κ1) is 19.0. The van der Waals surface area contributed by atoms with E-state index >= 15 is 0 Å². The lowest BCUT2D eigenvalue weighted by Crippen LogP contribution is -2.15. The lowest BCUT2D eigenvalue weighted by molar-refractivity contribution is 0.198. The van der Waals surface area contributed by atoms with E-state index in [1.807, 2.05) is 6.92 Å². The highest BCUT2D eigenvalue weighted by atomic mass is 32.2. The van der Waals surface area contributed by atoms with Crippen LogP contribution in [0.4, 0.5) is 11.5 Å². The summed E-state index contributed by atoms with van der Waals surface area (Å²) < 4.78 is 37.8. The molecule has 1 aromatic carbocycles. The van der Waals surface area contributed by atoms with Gasteiger partial charge in [-0.2, -0.15) is 0 Å². The second kappa shape index (κ2) is 8.68. The molecule has 0 bridgehead atoms. The van der Waals surface area contributed by atoms with E-state index in [1.54, 1.807) is 43.6 Å². The molecule has 0 aliphatic rings. The number of benzene rings is 1. The van der Waals surface area contributed by atoms with Crippen molar-refractivity contribution in [2.24, 2.45) is 0 Å². The Kier molecular flexibility index (Phi) is 6.60. The highest BCUT2D eigenvalue weighted by molar-refractivity contribution is 7.92. The molecule has 0 fully saturated rings. The van der Waals surface area contributed by atoms with Crippen LogP contribution in [0.15, 0.2) is 41.4 Å². The van der Waals surface area contributed by atoms with E-state index in [9.17, 15) is 8.42 Å². The van der Waals surface area contributed by atoms with Crippen LogP contribution in [0, 0.1) is 6.92 Å². The summed E-state index contributed by atoms with van der Waals surface area (Å²) in [6.45, 7) is 3.25. The predicted molar refractivity (Wildman–Crippen MR) is 97.8 cm³/mol. The lowest BCUT2D eigenvalue weighted by atomic mass is 10.2. The zero-order valence-electron chi connectivity index (χ0n) is 14.6. The topological polar surface area (TPSA) is 89.6 Å². The molecule has 8 heteroatoms. The lowest BCUT2D eigenvalue weighted by Gasteiger charge is -2.12. The van der Waals surface area contributed by atoms with Gasteiger partial charge < -0.3 is 14.8 Å². The van der Waals surface area contributed by atoms with Crippen LogP contribution in [0.2, 0.25) is 0 Å². The summed E-state index contributed by atoms with van der Waals surface area (Å²) >= 11 is 0. The Morgan fingerprint density at radius 3 is 2.60 bits per heavy atom. The minimum absolute atomic E-state index is 0.0820. The van der Waals surface area contributed by atoms with Gasteiger partial charge in [0.2, 0.25) is 0 Å². The molecule has 0 unspecified atom stereocenters. The molecule has 2 N–H and O–H groups in total. The molecule has 1 aromatic heterocycles. The number of rotatable bonds is 9. The molecule has 7 nitrogen and oxygen atoms in total. The van der Waals surface area contributed by atoms with Crippen molar-refractivity contribution in [2.75, 3.05) is 37.4 Å². The summed E-state index contributed by atoms with van der Waals surface area (Å²) in [4.78, 5) is 4.22. The SMILES string of the molecule is COCCCNc1ccc(NS(=O)(=O)c2cc(C)ccc2OC)nc1. The molecule has 0 saturated carbocycles. The summed E-state index contributed by atoms with van der Waals surface area (Å²) in [5.74, 6) is 0.528. The van der Waals surface area contributed by atoms with Crippen molar-refractivity contribution in [3.63, 3.8) is 0 Å². The fourth-order valence-corrected chi connectivity index (χ4v) is 3.46. The minimum atomic E-state index is -3.79.